The Kier molecular flexibility index (Phi) is 4.52. The van der Waals surface area contributed by atoms with E-state index >= 15 is 0 Å². The molecule has 0 N–H and O–H groups in total. The van der Waals surface area contributed by atoms with Crippen LogP contribution in [0, 0.1) is 6.92 Å². The first-order chi connectivity index (χ1) is 9.38. The van der Waals surface area contributed by atoms with E-state index in [0.717, 1.165) is 5.56 Å². The molecule has 0 aliphatic heterocycles. The van der Waals surface area contributed by atoms with Gasteiger partial charge in [-0.3, -0.25) is 4.98 Å². The van der Waals surface area contributed by atoms with Crippen molar-refractivity contribution in [2.45, 2.75) is 18.4 Å². The fraction of sp³-hybridized carbons (Fsp3) is 0.154. The Labute approximate surface area is 126 Å². The van der Waals surface area contributed by atoms with E-state index in [2.05, 4.69) is 4.98 Å². The molecule has 106 valence electrons. The van der Waals surface area contributed by atoms with E-state index in [4.69, 9.17) is 27.0 Å². The van der Waals surface area contributed by atoms with Gasteiger partial charge in [0.15, 0.2) is 0 Å². The van der Waals surface area contributed by atoms with Crippen molar-refractivity contribution in [2.75, 3.05) is 0 Å². The zero-order chi connectivity index (χ0) is 14.8. The largest absolute Gasteiger partial charge is 0.487 e. The monoisotopic (exact) mass is 331 g/mol. The minimum absolute atomic E-state index is 0.0515. The lowest BCUT2D eigenvalue weighted by Gasteiger charge is -2.11. The zero-order valence-corrected chi connectivity index (χ0v) is 12.8. The molecule has 1 aromatic heterocycles. The van der Waals surface area contributed by atoms with Crippen LogP contribution in [0.5, 0.6) is 5.75 Å². The maximum absolute atomic E-state index is 11.5. The van der Waals surface area contributed by atoms with Crippen LogP contribution < -0.4 is 4.74 Å². The zero-order valence-electron chi connectivity index (χ0n) is 10.5. The van der Waals surface area contributed by atoms with Crippen molar-refractivity contribution in [3.05, 3.63) is 52.8 Å². The molecule has 0 radical (unpaired) electrons. The summed E-state index contributed by atoms with van der Waals surface area (Å²) in [6, 6.07) is 6.48. The number of hydrogen-bond donors (Lipinski definition) is 0. The standard InChI is InChI=1S/C13H11Cl2NO3S/c1-9-2-3-12(13(6-9)20(15,17)18)19-8-10-4-5-16-7-11(10)14/h2-7H,8H2,1H3. The molecule has 0 saturated carbocycles. The molecule has 0 bridgehead atoms. The Morgan fingerprint density at radius 1 is 1.30 bits per heavy atom. The van der Waals surface area contributed by atoms with Crippen LogP contribution in [-0.4, -0.2) is 13.4 Å². The van der Waals surface area contributed by atoms with Gasteiger partial charge < -0.3 is 4.74 Å². The maximum Gasteiger partial charge on any atom is 0.264 e. The van der Waals surface area contributed by atoms with Crippen molar-refractivity contribution in [1.82, 2.24) is 4.98 Å². The molecule has 1 heterocycles. The first-order valence-corrected chi connectivity index (χ1v) is 8.33. The van der Waals surface area contributed by atoms with E-state index in [1.54, 1.807) is 31.3 Å². The lowest BCUT2D eigenvalue weighted by atomic mass is 10.2. The smallest absolute Gasteiger partial charge is 0.264 e. The second-order valence-corrected chi connectivity index (χ2v) is 7.09. The average Bonchev–Trinajstić information content (AvgIpc) is 2.38. The molecule has 20 heavy (non-hydrogen) atoms. The molecule has 4 nitrogen and oxygen atoms in total. The first-order valence-electron chi connectivity index (χ1n) is 5.64. The van der Waals surface area contributed by atoms with Gasteiger partial charge in [0.25, 0.3) is 9.05 Å². The third-order valence-corrected chi connectivity index (χ3v) is 4.28. The normalized spacial score (nSPS) is 11.3. The van der Waals surface area contributed by atoms with Crippen LogP contribution in [0.1, 0.15) is 11.1 Å². The minimum atomic E-state index is -3.87. The summed E-state index contributed by atoms with van der Waals surface area (Å²) in [7, 11) is 1.54. The quantitative estimate of drug-likeness (QED) is 0.804. The second kappa shape index (κ2) is 5.99. The molecule has 0 fully saturated rings. The Hall–Kier alpha value is -1.30. The SMILES string of the molecule is Cc1ccc(OCc2ccncc2Cl)c(S(=O)(=O)Cl)c1. The molecule has 7 heteroatoms. The number of ether oxygens (including phenoxy) is 1. The van der Waals surface area contributed by atoms with E-state index in [1.165, 1.54) is 12.3 Å². The second-order valence-electron chi connectivity index (χ2n) is 4.14. The Balaban J connectivity index is 2.29. The van der Waals surface area contributed by atoms with Gasteiger partial charge in [-0.1, -0.05) is 17.7 Å². The van der Waals surface area contributed by atoms with Crippen LogP contribution in [0.25, 0.3) is 0 Å². The predicted molar refractivity (Wildman–Crippen MR) is 77.8 cm³/mol. The van der Waals surface area contributed by atoms with Crippen molar-refractivity contribution in [1.29, 1.82) is 0 Å². The molecule has 0 aliphatic rings. The van der Waals surface area contributed by atoms with Gasteiger partial charge in [-0.2, -0.15) is 0 Å². The fourth-order valence-corrected chi connectivity index (χ4v) is 2.83. The summed E-state index contributed by atoms with van der Waals surface area (Å²) in [5.74, 6) is 0.193. The number of pyridine rings is 1. The topological polar surface area (TPSA) is 56.3 Å². The highest BCUT2D eigenvalue weighted by Gasteiger charge is 2.17. The summed E-state index contributed by atoms with van der Waals surface area (Å²) in [6.07, 6.45) is 3.08. The summed E-state index contributed by atoms with van der Waals surface area (Å²) >= 11 is 5.96. The van der Waals surface area contributed by atoms with Gasteiger partial charge in [0.05, 0.1) is 5.02 Å². The predicted octanol–water partition coefficient (Wildman–Crippen LogP) is 3.55. The summed E-state index contributed by atoms with van der Waals surface area (Å²) in [4.78, 5) is 3.81. The average molecular weight is 332 g/mol. The van der Waals surface area contributed by atoms with Crippen molar-refractivity contribution in [3.8, 4) is 5.75 Å². The van der Waals surface area contributed by atoms with E-state index in [0.29, 0.717) is 10.6 Å². The number of halogens is 2. The van der Waals surface area contributed by atoms with Crippen molar-refractivity contribution in [2.24, 2.45) is 0 Å². The van der Waals surface area contributed by atoms with Crippen molar-refractivity contribution < 1.29 is 13.2 Å². The van der Waals surface area contributed by atoms with E-state index < -0.39 is 9.05 Å². The molecule has 2 rings (SSSR count). The van der Waals surface area contributed by atoms with Crippen molar-refractivity contribution in [3.63, 3.8) is 0 Å². The van der Waals surface area contributed by atoms with Gasteiger partial charge in [0.1, 0.15) is 17.3 Å². The van der Waals surface area contributed by atoms with Crippen molar-refractivity contribution >= 4 is 31.3 Å². The molecule has 0 aliphatic carbocycles. The highest BCUT2D eigenvalue weighted by Crippen LogP contribution is 2.29. The summed E-state index contributed by atoms with van der Waals surface area (Å²) in [6.45, 7) is 1.90. The highest BCUT2D eigenvalue weighted by atomic mass is 35.7. The third kappa shape index (κ3) is 3.62. The lowest BCUT2D eigenvalue weighted by Crippen LogP contribution is -2.01. The lowest BCUT2D eigenvalue weighted by molar-refractivity contribution is 0.298. The highest BCUT2D eigenvalue weighted by molar-refractivity contribution is 8.13. The molecular weight excluding hydrogens is 321 g/mol. The third-order valence-electron chi connectivity index (χ3n) is 2.60. The molecule has 0 unspecified atom stereocenters. The molecule has 0 amide bonds. The van der Waals surface area contributed by atoms with Gasteiger partial charge in [-0.05, 0) is 30.7 Å². The number of nitrogens with zero attached hydrogens (tertiary/aromatic N) is 1. The van der Waals surface area contributed by atoms with Gasteiger partial charge in [-0.25, -0.2) is 8.42 Å². The van der Waals surface area contributed by atoms with Crippen LogP contribution in [0.2, 0.25) is 5.02 Å². The Morgan fingerprint density at radius 3 is 2.70 bits per heavy atom. The van der Waals surface area contributed by atoms with Gasteiger partial charge >= 0.3 is 0 Å². The molecule has 0 atom stereocenters. The van der Waals surface area contributed by atoms with Crippen LogP contribution in [0.3, 0.4) is 0 Å². The van der Waals surface area contributed by atoms with E-state index in [1.807, 2.05) is 0 Å². The van der Waals surface area contributed by atoms with Crippen LogP contribution in [0.4, 0.5) is 0 Å². The molecule has 2 aromatic rings. The molecular formula is C13H11Cl2NO3S. The number of benzene rings is 1. The van der Waals surface area contributed by atoms with Gasteiger partial charge in [0, 0.05) is 28.6 Å². The number of aryl methyl sites for hydroxylation is 1. The first kappa shape index (κ1) is 15.1. The number of aromatic nitrogens is 1. The molecule has 0 saturated heterocycles. The van der Waals surface area contributed by atoms with Crippen LogP contribution >= 0.6 is 22.3 Å². The Morgan fingerprint density at radius 2 is 2.05 bits per heavy atom. The fourth-order valence-electron chi connectivity index (χ4n) is 1.60. The van der Waals surface area contributed by atoms with Crippen LogP contribution in [0.15, 0.2) is 41.6 Å². The summed E-state index contributed by atoms with van der Waals surface area (Å²) < 4.78 is 28.6. The summed E-state index contributed by atoms with van der Waals surface area (Å²) in [5, 5.41) is 0.454. The minimum Gasteiger partial charge on any atom is -0.487 e. The van der Waals surface area contributed by atoms with E-state index in [9.17, 15) is 8.42 Å². The molecule has 0 spiro atoms. The number of hydrogen-bond acceptors (Lipinski definition) is 4. The summed E-state index contributed by atoms with van der Waals surface area (Å²) in [5.41, 5.74) is 1.48. The Bertz CT molecular complexity index is 732. The molecule has 1 aromatic carbocycles. The van der Waals surface area contributed by atoms with E-state index in [-0.39, 0.29) is 17.3 Å². The maximum atomic E-state index is 11.5. The van der Waals surface area contributed by atoms with Gasteiger partial charge in [0.2, 0.25) is 0 Å². The van der Waals surface area contributed by atoms with Crippen LogP contribution in [-0.2, 0) is 15.7 Å². The number of rotatable bonds is 4. The van der Waals surface area contributed by atoms with Gasteiger partial charge in [-0.15, -0.1) is 0 Å².